The number of hydrogen-bond donors (Lipinski definition) is 2. The van der Waals surface area contributed by atoms with E-state index in [2.05, 4.69) is 5.32 Å². The van der Waals surface area contributed by atoms with Gasteiger partial charge >= 0.3 is 0 Å². The van der Waals surface area contributed by atoms with Crippen LogP contribution >= 0.6 is 11.3 Å². The summed E-state index contributed by atoms with van der Waals surface area (Å²) < 4.78 is 27.9. The van der Waals surface area contributed by atoms with Gasteiger partial charge in [0, 0.05) is 22.5 Å². The van der Waals surface area contributed by atoms with Crippen LogP contribution in [0.15, 0.2) is 47.8 Å². The van der Waals surface area contributed by atoms with Crippen molar-refractivity contribution in [1.29, 1.82) is 0 Å². The predicted octanol–water partition coefficient (Wildman–Crippen LogP) is 4.33. The number of benzene rings is 2. The molecule has 0 aliphatic heterocycles. The number of aliphatic hydroxyl groups excluding tert-OH is 1. The SMILES string of the molecule is OC(CNc1ccc2sccc2c1)c1cc(F)ccc1F. The Hall–Kier alpha value is -1.98. The Morgan fingerprint density at radius 1 is 1.10 bits per heavy atom. The molecule has 3 rings (SSSR count). The summed E-state index contributed by atoms with van der Waals surface area (Å²) in [6.45, 7) is 0.107. The topological polar surface area (TPSA) is 32.3 Å². The molecule has 21 heavy (non-hydrogen) atoms. The summed E-state index contributed by atoms with van der Waals surface area (Å²) in [5.74, 6) is -1.18. The zero-order valence-electron chi connectivity index (χ0n) is 11.0. The fourth-order valence-electron chi connectivity index (χ4n) is 2.17. The minimum Gasteiger partial charge on any atom is -0.386 e. The summed E-state index contributed by atoms with van der Waals surface area (Å²) in [5, 5.41) is 16.1. The van der Waals surface area contributed by atoms with E-state index < -0.39 is 17.7 Å². The predicted molar refractivity (Wildman–Crippen MR) is 81.6 cm³/mol. The molecule has 0 saturated carbocycles. The van der Waals surface area contributed by atoms with Crippen molar-refractivity contribution in [2.75, 3.05) is 11.9 Å². The first-order valence-electron chi connectivity index (χ1n) is 6.47. The summed E-state index contributed by atoms with van der Waals surface area (Å²) in [7, 11) is 0. The summed E-state index contributed by atoms with van der Waals surface area (Å²) in [4.78, 5) is 0. The maximum Gasteiger partial charge on any atom is 0.129 e. The molecule has 108 valence electrons. The maximum absolute atomic E-state index is 13.6. The third kappa shape index (κ3) is 3.04. The number of hydrogen-bond acceptors (Lipinski definition) is 3. The van der Waals surface area contributed by atoms with E-state index in [1.807, 2.05) is 29.6 Å². The van der Waals surface area contributed by atoms with Crippen molar-refractivity contribution in [3.05, 3.63) is 65.0 Å². The lowest BCUT2D eigenvalue weighted by Gasteiger charge is -2.14. The highest BCUT2D eigenvalue weighted by atomic mass is 32.1. The molecule has 0 radical (unpaired) electrons. The summed E-state index contributed by atoms with van der Waals surface area (Å²) >= 11 is 1.65. The van der Waals surface area contributed by atoms with Crippen LogP contribution in [0.3, 0.4) is 0 Å². The fraction of sp³-hybridized carbons (Fsp3) is 0.125. The fourth-order valence-corrected chi connectivity index (χ4v) is 2.94. The Morgan fingerprint density at radius 2 is 1.95 bits per heavy atom. The first kappa shape index (κ1) is 14.0. The molecule has 2 nitrogen and oxygen atoms in total. The molecule has 0 aliphatic rings. The van der Waals surface area contributed by atoms with Gasteiger partial charge in [0.15, 0.2) is 0 Å². The zero-order chi connectivity index (χ0) is 14.8. The molecule has 2 aromatic carbocycles. The first-order valence-corrected chi connectivity index (χ1v) is 7.35. The van der Waals surface area contributed by atoms with E-state index >= 15 is 0 Å². The van der Waals surface area contributed by atoms with Crippen molar-refractivity contribution < 1.29 is 13.9 Å². The largest absolute Gasteiger partial charge is 0.386 e. The van der Waals surface area contributed by atoms with E-state index in [-0.39, 0.29) is 12.1 Å². The monoisotopic (exact) mass is 305 g/mol. The number of rotatable bonds is 4. The molecular formula is C16H13F2NOS. The highest BCUT2D eigenvalue weighted by molar-refractivity contribution is 7.17. The molecule has 0 fully saturated rings. The van der Waals surface area contributed by atoms with Crippen LogP contribution in [-0.2, 0) is 0 Å². The van der Waals surface area contributed by atoms with Gasteiger partial charge in [-0.15, -0.1) is 11.3 Å². The normalized spacial score (nSPS) is 12.5. The number of anilines is 1. The van der Waals surface area contributed by atoms with Gasteiger partial charge in [-0.25, -0.2) is 8.78 Å². The first-order chi connectivity index (χ1) is 10.1. The van der Waals surface area contributed by atoms with Gasteiger partial charge in [-0.05, 0) is 53.2 Å². The van der Waals surface area contributed by atoms with E-state index in [4.69, 9.17) is 0 Å². The maximum atomic E-state index is 13.6. The summed E-state index contributed by atoms with van der Waals surface area (Å²) in [6.07, 6.45) is -1.11. The molecule has 1 atom stereocenters. The number of nitrogens with one attached hydrogen (secondary N) is 1. The van der Waals surface area contributed by atoms with Crippen LogP contribution in [-0.4, -0.2) is 11.7 Å². The van der Waals surface area contributed by atoms with Gasteiger partial charge in [0.25, 0.3) is 0 Å². The second kappa shape index (κ2) is 5.79. The van der Waals surface area contributed by atoms with Crippen molar-refractivity contribution in [1.82, 2.24) is 0 Å². The van der Waals surface area contributed by atoms with Gasteiger partial charge < -0.3 is 10.4 Å². The van der Waals surface area contributed by atoms with Crippen LogP contribution in [0.4, 0.5) is 14.5 Å². The Kier molecular flexibility index (Phi) is 3.86. The Bertz CT molecular complexity index is 772. The van der Waals surface area contributed by atoms with E-state index in [0.29, 0.717) is 0 Å². The third-order valence-electron chi connectivity index (χ3n) is 3.27. The van der Waals surface area contributed by atoms with Crippen LogP contribution in [0.1, 0.15) is 11.7 Å². The van der Waals surface area contributed by atoms with Gasteiger partial charge in [-0.2, -0.15) is 0 Å². The average Bonchev–Trinajstić information content (AvgIpc) is 2.94. The second-order valence-corrected chi connectivity index (χ2v) is 5.68. The van der Waals surface area contributed by atoms with E-state index in [1.165, 1.54) is 4.70 Å². The highest BCUT2D eigenvalue weighted by Crippen LogP contribution is 2.25. The van der Waals surface area contributed by atoms with Crippen LogP contribution in [0.25, 0.3) is 10.1 Å². The van der Waals surface area contributed by atoms with Crippen molar-refractivity contribution >= 4 is 27.1 Å². The molecule has 0 saturated heterocycles. The van der Waals surface area contributed by atoms with Gasteiger partial charge in [-0.3, -0.25) is 0 Å². The molecular weight excluding hydrogens is 292 g/mol. The number of thiophene rings is 1. The van der Waals surface area contributed by atoms with Crippen LogP contribution in [0.2, 0.25) is 0 Å². The quantitative estimate of drug-likeness (QED) is 0.752. The van der Waals surface area contributed by atoms with Crippen LogP contribution in [0.5, 0.6) is 0 Å². The molecule has 1 unspecified atom stereocenters. The molecule has 3 aromatic rings. The molecule has 0 spiro atoms. The molecule has 0 amide bonds. The lowest BCUT2D eigenvalue weighted by atomic mass is 10.1. The Balaban J connectivity index is 1.72. The van der Waals surface area contributed by atoms with E-state index in [1.54, 1.807) is 11.3 Å². The molecule has 1 heterocycles. The second-order valence-electron chi connectivity index (χ2n) is 4.74. The third-order valence-corrected chi connectivity index (χ3v) is 4.17. The van der Waals surface area contributed by atoms with Crippen LogP contribution in [0, 0.1) is 11.6 Å². The smallest absolute Gasteiger partial charge is 0.129 e. The summed E-state index contributed by atoms with van der Waals surface area (Å²) in [6, 6.07) is 10.9. The lowest BCUT2D eigenvalue weighted by Crippen LogP contribution is -2.13. The van der Waals surface area contributed by atoms with Crippen molar-refractivity contribution in [2.45, 2.75) is 6.10 Å². The standard InChI is InChI=1S/C16H13F2NOS/c17-11-1-3-14(18)13(8-11)15(20)9-19-12-2-4-16-10(7-12)5-6-21-16/h1-8,15,19-20H,9H2. The Labute approximate surface area is 124 Å². The van der Waals surface area contributed by atoms with Crippen LogP contribution < -0.4 is 5.32 Å². The number of aliphatic hydroxyl groups is 1. The van der Waals surface area contributed by atoms with Crippen molar-refractivity contribution in [3.8, 4) is 0 Å². The van der Waals surface area contributed by atoms with Crippen molar-refractivity contribution in [3.63, 3.8) is 0 Å². The van der Waals surface area contributed by atoms with Gasteiger partial charge in [0.1, 0.15) is 11.6 Å². The number of halogens is 2. The van der Waals surface area contributed by atoms with E-state index in [9.17, 15) is 13.9 Å². The van der Waals surface area contributed by atoms with Crippen molar-refractivity contribution in [2.24, 2.45) is 0 Å². The average molecular weight is 305 g/mol. The van der Waals surface area contributed by atoms with E-state index in [0.717, 1.165) is 29.3 Å². The minimum absolute atomic E-state index is 0.0425. The zero-order valence-corrected chi connectivity index (χ0v) is 11.8. The molecule has 0 aliphatic carbocycles. The van der Waals surface area contributed by atoms with Gasteiger partial charge in [0.05, 0.1) is 6.10 Å². The molecule has 2 N–H and O–H groups in total. The highest BCUT2D eigenvalue weighted by Gasteiger charge is 2.13. The lowest BCUT2D eigenvalue weighted by molar-refractivity contribution is 0.186. The van der Waals surface area contributed by atoms with Gasteiger partial charge in [-0.1, -0.05) is 0 Å². The minimum atomic E-state index is -1.11. The Morgan fingerprint density at radius 3 is 2.81 bits per heavy atom. The number of fused-ring (bicyclic) bond motifs is 1. The van der Waals surface area contributed by atoms with Gasteiger partial charge in [0.2, 0.25) is 0 Å². The summed E-state index contributed by atoms with van der Waals surface area (Å²) in [5.41, 5.74) is 0.788. The molecule has 1 aromatic heterocycles. The molecule has 0 bridgehead atoms. The molecule has 5 heteroatoms.